The molecule has 2 amide bonds. The Labute approximate surface area is 265 Å². The first-order valence-corrected chi connectivity index (χ1v) is 16.6. The molecule has 236 valence electrons. The van der Waals surface area contributed by atoms with Crippen molar-refractivity contribution in [3.63, 3.8) is 0 Å². The first-order chi connectivity index (χ1) is 21.2. The molecule has 0 aliphatic heterocycles. The average Bonchev–Trinajstić information content (AvgIpc) is 3.04. The molecule has 0 radical (unpaired) electrons. The quantitative estimate of drug-likeness (QED) is 0.253. The van der Waals surface area contributed by atoms with Crippen LogP contribution in [0.4, 0.5) is 5.69 Å². The van der Waals surface area contributed by atoms with Crippen LogP contribution >= 0.6 is 11.6 Å². The minimum absolute atomic E-state index is 0.0172. The summed E-state index contributed by atoms with van der Waals surface area (Å²) in [5.41, 5.74) is 0.963. The van der Waals surface area contributed by atoms with Gasteiger partial charge >= 0.3 is 0 Å². The summed E-state index contributed by atoms with van der Waals surface area (Å²) in [6, 6.07) is 18.9. The summed E-state index contributed by atoms with van der Waals surface area (Å²) in [6.07, 6.45) is 5.39. The van der Waals surface area contributed by atoms with Gasteiger partial charge in [-0.25, -0.2) is 8.42 Å². The van der Waals surface area contributed by atoms with Gasteiger partial charge in [0.2, 0.25) is 11.8 Å². The highest BCUT2D eigenvalue weighted by Crippen LogP contribution is 2.32. The lowest BCUT2D eigenvalue weighted by Crippen LogP contribution is -2.54. The third-order valence-corrected chi connectivity index (χ3v) is 9.97. The van der Waals surface area contributed by atoms with Crippen LogP contribution in [0, 0.1) is 0 Å². The van der Waals surface area contributed by atoms with Gasteiger partial charge in [-0.1, -0.05) is 68.1 Å². The van der Waals surface area contributed by atoms with E-state index >= 15 is 0 Å². The standard InChI is InChI=1S/C33H40ClN3O6S/c1-4-30(33(39)35-25-11-7-5-8-12-25)36(22-24-15-18-27(42-2)19-16-24)32(38)23-37(26-17-20-31(43-3)29(34)21-26)44(40,41)28-13-9-6-10-14-28/h6,9-10,13-21,25,30H,4-5,7-8,11-12,22-23H2,1-3H3,(H,35,39). The first kappa shape index (κ1) is 33.1. The lowest BCUT2D eigenvalue weighted by atomic mass is 9.95. The van der Waals surface area contributed by atoms with Crippen LogP contribution in [0.2, 0.25) is 5.02 Å². The largest absolute Gasteiger partial charge is 0.497 e. The molecular formula is C33H40ClN3O6S. The fourth-order valence-electron chi connectivity index (χ4n) is 5.45. The highest BCUT2D eigenvalue weighted by molar-refractivity contribution is 7.92. The molecule has 0 saturated heterocycles. The Morgan fingerprint density at radius 2 is 1.64 bits per heavy atom. The molecule has 1 aliphatic rings. The highest BCUT2D eigenvalue weighted by Gasteiger charge is 2.34. The minimum atomic E-state index is -4.21. The zero-order valence-electron chi connectivity index (χ0n) is 25.4. The molecule has 0 bridgehead atoms. The Kier molecular flexibility index (Phi) is 11.5. The maximum Gasteiger partial charge on any atom is 0.264 e. The van der Waals surface area contributed by atoms with Gasteiger partial charge in [0.25, 0.3) is 10.0 Å². The fraction of sp³-hybridized carbons (Fsp3) is 0.394. The van der Waals surface area contributed by atoms with E-state index < -0.39 is 28.5 Å². The van der Waals surface area contributed by atoms with Gasteiger partial charge in [-0.3, -0.25) is 13.9 Å². The number of carbonyl (C=O) groups excluding carboxylic acids is 2. The summed E-state index contributed by atoms with van der Waals surface area (Å²) in [5, 5.41) is 3.35. The number of rotatable bonds is 13. The topological polar surface area (TPSA) is 105 Å². The third-order valence-electron chi connectivity index (χ3n) is 7.88. The molecule has 0 spiro atoms. The molecule has 1 N–H and O–H groups in total. The highest BCUT2D eigenvalue weighted by atomic mass is 35.5. The molecular weight excluding hydrogens is 602 g/mol. The number of methoxy groups -OCH3 is 2. The van der Waals surface area contributed by atoms with E-state index in [1.807, 2.05) is 19.1 Å². The minimum Gasteiger partial charge on any atom is -0.497 e. The van der Waals surface area contributed by atoms with Crippen LogP contribution < -0.4 is 19.1 Å². The third kappa shape index (κ3) is 8.04. The zero-order chi connectivity index (χ0) is 31.7. The molecule has 1 atom stereocenters. The lowest BCUT2D eigenvalue weighted by molar-refractivity contribution is -0.140. The van der Waals surface area contributed by atoms with Crippen molar-refractivity contribution >= 4 is 39.1 Å². The summed E-state index contributed by atoms with van der Waals surface area (Å²) in [7, 11) is -1.18. The van der Waals surface area contributed by atoms with Crippen molar-refractivity contribution in [1.82, 2.24) is 10.2 Å². The van der Waals surface area contributed by atoms with Crippen LogP contribution in [0.25, 0.3) is 0 Å². The average molecular weight is 642 g/mol. The van der Waals surface area contributed by atoms with Crippen LogP contribution in [-0.4, -0.2) is 58.0 Å². The number of nitrogens with one attached hydrogen (secondary N) is 1. The van der Waals surface area contributed by atoms with Crippen LogP contribution in [0.5, 0.6) is 11.5 Å². The number of halogens is 1. The van der Waals surface area contributed by atoms with Crippen molar-refractivity contribution in [3.05, 3.63) is 83.4 Å². The van der Waals surface area contributed by atoms with Crippen LogP contribution in [-0.2, 0) is 26.2 Å². The van der Waals surface area contributed by atoms with Gasteiger partial charge in [-0.15, -0.1) is 0 Å². The van der Waals surface area contributed by atoms with Crippen LogP contribution in [0.15, 0.2) is 77.7 Å². The Morgan fingerprint density at radius 1 is 0.955 bits per heavy atom. The van der Waals surface area contributed by atoms with Crippen molar-refractivity contribution in [2.75, 3.05) is 25.1 Å². The molecule has 3 aromatic carbocycles. The molecule has 11 heteroatoms. The van der Waals surface area contributed by atoms with Gasteiger partial charge in [0.05, 0.1) is 29.8 Å². The summed E-state index contributed by atoms with van der Waals surface area (Å²) in [6.45, 7) is 1.40. The van der Waals surface area contributed by atoms with E-state index in [1.165, 1.54) is 30.2 Å². The van der Waals surface area contributed by atoms with E-state index in [0.717, 1.165) is 42.0 Å². The second kappa shape index (κ2) is 15.3. The van der Waals surface area contributed by atoms with Gasteiger partial charge in [0.15, 0.2) is 0 Å². The molecule has 3 aromatic rings. The second-order valence-electron chi connectivity index (χ2n) is 10.8. The zero-order valence-corrected chi connectivity index (χ0v) is 26.9. The Hall–Kier alpha value is -3.76. The van der Waals surface area contributed by atoms with Crippen molar-refractivity contribution < 1.29 is 27.5 Å². The Morgan fingerprint density at radius 3 is 2.23 bits per heavy atom. The smallest absolute Gasteiger partial charge is 0.264 e. The van der Waals surface area contributed by atoms with Gasteiger partial charge in [0.1, 0.15) is 24.1 Å². The predicted molar refractivity (Wildman–Crippen MR) is 172 cm³/mol. The maximum atomic E-state index is 14.3. The van der Waals surface area contributed by atoms with Crippen molar-refractivity contribution in [2.24, 2.45) is 0 Å². The number of benzene rings is 3. The van der Waals surface area contributed by atoms with E-state index in [2.05, 4.69) is 5.32 Å². The second-order valence-corrected chi connectivity index (χ2v) is 13.1. The van der Waals surface area contributed by atoms with E-state index in [-0.39, 0.29) is 34.1 Å². The monoisotopic (exact) mass is 641 g/mol. The molecule has 0 heterocycles. The van der Waals surface area contributed by atoms with Crippen molar-refractivity contribution in [2.45, 2.75) is 69.0 Å². The van der Waals surface area contributed by atoms with Crippen molar-refractivity contribution in [1.29, 1.82) is 0 Å². The Bertz CT molecular complexity index is 1510. The lowest BCUT2D eigenvalue weighted by Gasteiger charge is -2.34. The van der Waals surface area contributed by atoms with Gasteiger partial charge in [-0.2, -0.15) is 0 Å². The predicted octanol–water partition coefficient (Wildman–Crippen LogP) is 5.81. The van der Waals surface area contributed by atoms with Crippen LogP contribution in [0.3, 0.4) is 0 Å². The molecule has 1 aliphatic carbocycles. The fourth-order valence-corrected chi connectivity index (χ4v) is 7.13. The number of hydrogen-bond acceptors (Lipinski definition) is 6. The number of nitrogens with zero attached hydrogens (tertiary/aromatic N) is 2. The van der Waals surface area contributed by atoms with Crippen LogP contribution in [0.1, 0.15) is 51.0 Å². The molecule has 1 unspecified atom stereocenters. The van der Waals surface area contributed by atoms with Gasteiger partial charge in [-0.05, 0) is 67.3 Å². The number of sulfonamides is 1. The summed E-state index contributed by atoms with van der Waals surface area (Å²) in [5.74, 6) is 0.250. The normalized spacial score (nSPS) is 14.4. The van der Waals surface area contributed by atoms with E-state index in [9.17, 15) is 18.0 Å². The molecule has 0 aromatic heterocycles. The summed E-state index contributed by atoms with van der Waals surface area (Å²) in [4.78, 5) is 29.5. The molecule has 9 nitrogen and oxygen atoms in total. The first-order valence-electron chi connectivity index (χ1n) is 14.8. The van der Waals surface area contributed by atoms with E-state index in [4.69, 9.17) is 21.1 Å². The number of amides is 2. The van der Waals surface area contributed by atoms with Gasteiger partial charge in [0, 0.05) is 12.6 Å². The van der Waals surface area contributed by atoms with E-state index in [1.54, 1.807) is 49.6 Å². The number of hydrogen-bond donors (Lipinski definition) is 1. The summed E-state index contributed by atoms with van der Waals surface area (Å²) >= 11 is 6.40. The molecule has 1 saturated carbocycles. The SMILES string of the molecule is CCC(C(=O)NC1CCCCC1)N(Cc1ccc(OC)cc1)C(=O)CN(c1ccc(OC)c(Cl)c1)S(=O)(=O)c1ccccc1. The Balaban J connectivity index is 1.72. The number of carbonyl (C=O) groups is 2. The molecule has 1 fully saturated rings. The van der Waals surface area contributed by atoms with Gasteiger partial charge < -0.3 is 19.7 Å². The maximum absolute atomic E-state index is 14.3. The molecule has 4 rings (SSSR count). The van der Waals surface area contributed by atoms with Crippen molar-refractivity contribution in [3.8, 4) is 11.5 Å². The number of anilines is 1. The molecule has 44 heavy (non-hydrogen) atoms. The summed E-state index contributed by atoms with van der Waals surface area (Å²) < 4.78 is 39.6. The van der Waals surface area contributed by atoms with E-state index in [0.29, 0.717) is 17.9 Å². The number of ether oxygens (including phenoxy) is 2.